The average Bonchev–Trinajstić information content (AvgIpc) is 3.27. The van der Waals surface area contributed by atoms with E-state index in [2.05, 4.69) is 26.3 Å². The quantitative estimate of drug-likeness (QED) is 0.241. The van der Waals surface area contributed by atoms with E-state index in [1.807, 2.05) is 31.2 Å². The lowest BCUT2D eigenvalue weighted by atomic mass is 10.1. The summed E-state index contributed by atoms with van der Waals surface area (Å²) < 4.78 is 47.0. The molecule has 0 unspecified atom stereocenters. The molecule has 0 atom stereocenters. The second-order valence-corrected chi connectivity index (χ2v) is 9.20. The van der Waals surface area contributed by atoms with Crippen LogP contribution < -0.4 is 10.1 Å². The molecular formula is C27H21BrF3N3O4. The first-order chi connectivity index (χ1) is 18.0. The Hall–Kier alpha value is -4.12. The van der Waals surface area contributed by atoms with Crippen LogP contribution in [0.3, 0.4) is 0 Å². The maximum Gasteiger partial charge on any atom is 0.416 e. The van der Waals surface area contributed by atoms with Gasteiger partial charge in [-0.25, -0.2) is 4.68 Å². The van der Waals surface area contributed by atoms with Gasteiger partial charge in [-0.15, -0.1) is 5.10 Å². The van der Waals surface area contributed by atoms with Gasteiger partial charge in [-0.05, 0) is 70.9 Å². The smallest absolute Gasteiger partial charge is 0.416 e. The van der Waals surface area contributed by atoms with Crippen LogP contribution in [0.2, 0.25) is 0 Å². The minimum Gasteiger partial charge on any atom is -0.481 e. The van der Waals surface area contributed by atoms with Crippen molar-refractivity contribution >= 4 is 27.8 Å². The molecule has 0 aliphatic rings. The molecule has 38 heavy (non-hydrogen) atoms. The summed E-state index contributed by atoms with van der Waals surface area (Å²) in [6, 6.07) is 17.1. The molecule has 0 radical (unpaired) electrons. The summed E-state index contributed by atoms with van der Waals surface area (Å²) in [7, 11) is 0. The van der Waals surface area contributed by atoms with Crippen molar-refractivity contribution in [3.05, 3.63) is 94.1 Å². The van der Waals surface area contributed by atoms with E-state index < -0.39 is 23.6 Å². The molecule has 0 fully saturated rings. The van der Waals surface area contributed by atoms with Gasteiger partial charge in [0.05, 0.1) is 23.2 Å². The highest BCUT2D eigenvalue weighted by Crippen LogP contribution is 2.37. The summed E-state index contributed by atoms with van der Waals surface area (Å²) >= 11 is 3.22. The molecule has 4 rings (SSSR count). The fourth-order valence-corrected chi connectivity index (χ4v) is 4.09. The van der Waals surface area contributed by atoms with Crippen molar-refractivity contribution in [1.29, 1.82) is 0 Å². The Morgan fingerprint density at radius 1 is 1.05 bits per heavy atom. The normalized spacial score (nSPS) is 11.3. The van der Waals surface area contributed by atoms with Crippen LogP contribution in [0.1, 0.15) is 27.9 Å². The van der Waals surface area contributed by atoms with E-state index in [1.54, 1.807) is 18.3 Å². The molecule has 0 saturated carbocycles. The van der Waals surface area contributed by atoms with Gasteiger partial charge < -0.3 is 15.2 Å². The second-order valence-electron chi connectivity index (χ2n) is 8.35. The molecule has 1 amide bonds. The van der Waals surface area contributed by atoms with Crippen LogP contribution in [0.15, 0.2) is 77.4 Å². The number of aromatic nitrogens is 2. The van der Waals surface area contributed by atoms with Crippen LogP contribution in [-0.4, -0.2) is 33.3 Å². The predicted octanol–water partition coefficient (Wildman–Crippen LogP) is 6.63. The molecule has 1 aromatic heterocycles. The topological polar surface area (TPSA) is 93.5 Å². The van der Waals surface area contributed by atoms with Gasteiger partial charge in [0.15, 0.2) is 0 Å². The molecule has 4 aromatic rings. The van der Waals surface area contributed by atoms with E-state index in [0.717, 1.165) is 23.3 Å². The van der Waals surface area contributed by atoms with Crippen molar-refractivity contribution in [3.63, 3.8) is 0 Å². The summed E-state index contributed by atoms with van der Waals surface area (Å²) in [5.41, 5.74) is 2.35. The number of hydrogen-bond donors (Lipinski definition) is 2. The van der Waals surface area contributed by atoms with E-state index in [4.69, 9.17) is 9.84 Å². The van der Waals surface area contributed by atoms with E-state index in [0.29, 0.717) is 22.6 Å². The van der Waals surface area contributed by atoms with Crippen molar-refractivity contribution in [1.82, 2.24) is 15.1 Å². The molecule has 1 heterocycles. The van der Waals surface area contributed by atoms with Gasteiger partial charge in [-0.3, -0.25) is 9.59 Å². The van der Waals surface area contributed by atoms with Crippen LogP contribution in [0.5, 0.6) is 11.6 Å². The Kier molecular flexibility index (Phi) is 7.86. The maximum atomic E-state index is 13.1. The lowest BCUT2D eigenvalue weighted by Crippen LogP contribution is -2.25. The second kappa shape index (κ2) is 11.1. The number of nitrogens with zero attached hydrogens (tertiary/aromatic N) is 2. The number of aryl methyl sites for hydroxylation is 1. The van der Waals surface area contributed by atoms with Crippen molar-refractivity contribution < 1.29 is 32.6 Å². The third-order valence-corrected chi connectivity index (χ3v) is 6.16. The molecule has 0 aliphatic heterocycles. The highest BCUT2D eigenvalue weighted by atomic mass is 79.9. The molecular weight excluding hydrogens is 567 g/mol. The molecule has 0 saturated heterocycles. The SMILES string of the molecule is Cc1ccc(-c2cn(-c3ccc(C(F)(F)F)cc3Br)nc2Oc2ccc(C(=O)NCCC(=O)O)cc2)cc1. The number of rotatable bonds is 8. The zero-order valence-corrected chi connectivity index (χ0v) is 21.5. The fourth-order valence-electron chi connectivity index (χ4n) is 3.53. The number of carbonyl (C=O) groups is 2. The lowest BCUT2D eigenvalue weighted by molar-refractivity contribution is -0.138. The number of ether oxygens (including phenoxy) is 1. The third-order valence-electron chi connectivity index (χ3n) is 5.52. The number of carbonyl (C=O) groups excluding carboxylic acids is 1. The van der Waals surface area contributed by atoms with E-state index >= 15 is 0 Å². The number of alkyl halides is 3. The number of halogens is 4. The zero-order valence-electron chi connectivity index (χ0n) is 19.9. The van der Waals surface area contributed by atoms with Crippen molar-refractivity contribution in [2.75, 3.05) is 6.54 Å². The van der Waals surface area contributed by atoms with Crippen molar-refractivity contribution in [2.24, 2.45) is 0 Å². The summed E-state index contributed by atoms with van der Waals surface area (Å²) in [5, 5.41) is 15.7. The Labute approximate surface area is 224 Å². The Balaban J connectivity index is 1.64. The van der Waals surface area contributed by atoms with E-state index in [1.165, 1.54) is 22.9 Å². The van der Waals surface area contributed by atoms with Crippen LogP contribution in [0, 0.1) is 6.92 Å². The van der Waals surface area contributed by atoms with Crippen LogP contribution in [0.25, 0.3) is 16.8 Å². The standard InChI is InChI=1S/C27H21BrF3N3O4/c1-16-2-4-17(5-3-16)21-15-34(23-11-8-19(14-22(23)28)27(29,30)31)33-26(21)38-20-9-6-18(7-10-20)25(37)32-13-12-24(35)36/h2-11,14-15H,12-13H2,1H3,(H,32,37)(H,35,36). The first-order valence-corrected chi connectivity index (χ1v) is 12.1. The fraction of sp³-hybridized carbons (Fsp3) is 0.148. The minimum absolute atomic E-state index is 0.00325. The van der Waals surface area contributed by atoms with E-state index in [9.17, 15) is 22.8 Å². The predicted molar refractivity (Wildman–Crippen MR) is 138 cm³/mol. The highest BCUT2D eigenvalue weighted by Gasteiger charge is 2.31. The number of amides is 1. The van der Waals surface area contributed by atoms with Gasteiger partial charge >= 0.3 is 12.1 Å². The van der Waals surface area contributed by atoms with Crippen molar-refractivity contribution in [2.45, 2.75) is 19.5 Å². The third kappa shape index (κ3) is 6.41. The first-order valence-electron chi connectivity index (χ1n) is 11.3. The number of benzene rings is 3. The number of aliphatic carboxylic acids is 1. The number of nitrogens with one attached hydrogen (secondary N) is 1. The Morgan fingerprint density at radius 2 is 1.74 bits per heavy atom. The minimum atomic E-state index is -4.48. The van der Waals surface area contributed by atoms with Gasteiger partial charge in [-0.2, -0.15) is 13.2 Å². The number of hydrogen-bond acceptors (Lipinski definition) is 4. The number of carboxylic acids is 1. The monoisotopic (exact) mass is 587 g/mol. The largest absolute Gasteiger partial charge is 0.481 e. The van der Waals surface area contributed by atoms with Gasteiger partial charge in [0.1, 0.15) is 5.75 Å². The van der Waals surface area contributed by atoms with Gasteiger partial charge in [-0.1, -0.05) is 29.8 Å². The summed E-state index contributed by atoms with van der Waals surface area (Å²) in [4.78, 5) is 22.8. The number of carboxylic acid groups (broad SMARTS) is 1. The molecule has 7 nitrogen and oxygen atoms in total. The Bertz CT molecular complexity index is 1470. The first kappa shape index (κ1) is 26.9. The van der Waals surface area contributed by atoms with Gasteiger partial charge in [0.2, 0.25) is 5.88 Å². The van der Waals surface area contributed by atoms with Crippen LogP contribution >= 0.6 is 15.9 Å². The van der Waals surface area contributed by atoms with Crippen molar-refractivity contribution in [3.8, 4) is 28.4 Å². The summed E-state index contributed by atoms with van der Waals surface area (Å²) in [6.07, 6.45) is -3.00. The summed E-state index contributed by atoms with van der Waals surface area (Å²) in [5.74, 6) is -0.854. The molecule has 196 valence electrons. The molecule has 11 heteroatoms. The zero-order chi connectivity index (χ0) is 27.4. The molecule has 2 N–H and O–H groups in total. The average molecular weight is 588 g/mol. The van der Waals surface area contributed by atoms with Gasteiger partial charge in [0, 0.05) is 22.8 Å². The Morgan fingerprint density at radius 3 is 2.34 bits per heavy atom. The molecule has 0 spiro atoms. The molecule has 0 bridgehead atoms. The highest BCUT2D eigenvalue weighted by molar-refractivity contribution is 9.10. The lowest BCUT2D eigenvalue weighted by Gasteiger charge is -2.10. The maximum absolute atomic E-state index is 13.1. The molecule has 0 aliphatic carbocycles. The summed E-state index contributed by atoms with van der Waals surface area (Å²) in [6.45, 7) is 1.95. The van der Waals surface area contributed by atoms with Gasteiger partial charge in [0.25, 0.3) is 5.91 Å². The van der Waals surface area contributed by atoms with E-state index in [-0.39, 0.29) is 23.3 Å². The van der Waals surface area contributed by atoms with Crippen LogP contribution in [0.4, 0.5) is 13.2 Å². The van der Waals surface area contributed by atoms with Crippen LogP contribution in [-0.2, 0) is 11.0 Å². The molecule has 3 aromatic carbocycles.